The van der Waals surface area contributed by atoms with Gasteiger partial charge in [0.1, 0.15) is 6.54 Å². The second-order valence-electron chi connectivity index (χ2n) is 6.17. The van der Waals surface area contributed by atoms with Crippen LogP contribution in [0.5, 0.6) is 0 Å². The van der Waals surface area contributed by atoms with Crippen molar-refractivity contribution in [3.8, 4) is 0 Å². The number of nitrogens with zero attached hydrogens (tertiary/aromatic N) is 4. The molecule has 3 aromatic rings. The number of benzene rings is 1. The quantitative estimate of drug-likeness (QED) is 0.462. The Morgan fingerprint density at radius 3 is 2.93 bits per heavy atom. The number of amides is 1. The number of carbonyl (C=O) groups is 1. The van der Waals surface area contributed by atoms with Gasteiger partial charge in [0, 0.05) is 6.04 Å². The SMILES string of the molecule is O=C(Cn1c(SC(F)F)nc2ccccc21)NCc1n[nH]c(=S)n1C1CC1. The highest BCUT2D eigenvalue weighted by Gasteiger charge is 2.27. The second-order valence-corrected chi connectivity index (χ2v) is 7.51. The molecule has 4 rings (SSSR count). The molecule has 11 heteroatoms. The molecule has 7 nitrogen and oxygen atoms in total. The van der Waals surface area contributed by atoms with Crippen molar-refractivity contribution < 1.29 is 13.6 Å². The van der Waals surface area contributed by atoms with Crippen LogP contribution in [0.3, 0.4) is 0 Å². The lowest BCUT2D eigenvalue weighted by molar-refractivity contribution is -0.121. The molecule has 2 N–H and O–H groups in total. The molecule has 2 aromatic heterocycles. The van der Waals surface area contributed by atoms with Gasteiger partial charge in [0.2, 0.25) is 5.91 Å². The number of H-pyrrole nitrogens is 1. The van der Waals surface area contributed by atoms with Crippen molar-refractivity contribution in [1.82, 2.24) is 29.6 Å². The Hall–Kier alpha value is -2.27. The molecule has 0 unspecified atom stereocenters. The standard InChI is InChI=1S/C16H16F2N6OS2/c17-14(18)27-16-20-10-3-1-2-4-11(10)23(16)8-13(25)19-7-12-21-22-15(26)24(12)9-5-6-9/h1-4,9,14H,5-8H2,(H,19,25)(H,22,26). The number of rotatable bonds is 7. The lowest BCUT2D eigenvalue weighted by Gasteiger charge is -2.10. The highest BCUT2D eigenvalue weighted by Crippen LogP contribution is 2.35. The number of hydrogen-bond donors (Lipinski definition) is 2. The van der Waals surface area contributed by atoms with Gasteiger partial charge in [-0.3, -0.25) is 14.5 Å². The van der Waals surface area contributed by atoms with E-state index in [0.29, 0.717) is 39.4 Å². The monoisotopic (exact) mass is 410 g/mol. The largest absolute Gasteiger partial charge is 0.347 e. The number of alkyl halides is 2. The van der Waals surface area contributed by atoms with E-state index in [-0.39, 0.29) is 24.2 Å². The minimum Gasteiger partial charge on any atom is -0.347 e. The summed E-state index contributed by atoms with van der Waals surface area (Å²) in [5.74, 6) is -2.27. The number of hydrogen-bond acceptors (Lipinski definition) is 5. The zero-order valence-electron chi connectivity index (χ0n) is 14.1. The van der Waals surface area contributed by atoms with E-state index in [0.717, 1.165) is 12.8 Å². The van der Waals surface area contributed by atoms with Gasteiger partial charge in [-0.2, -0.15) is 13.9 Å². The molecular formula is C16H16F2N6OS2. The fourth-order valence-corrected chi connectivity index (χ4v) is 3.82. The van der Waals surface area contributed by atoms with Gasteiger partial charge in [0.25, 0.3) is 5.76 Å². The van der Waals surface area contributed by atoms with E-state index in [1.165, 1.54) is 4.57 Å². The molecule has 142 valence electrons. The number of nitrogens with one attached hydrogen (secondary N) is 2. The number of aromatic nitrogens is 5. The molecule has 1 aromatic carbocycles. The third-order valence-corrected chi connectivity index (χ3v) is 5.24. The van der Waals surface area contributed by atoms with Crippen molar-refractivity contribution in [2.75, 3.05) is 0 Å². The van der Waals surface area contributed by atoms with Crippen LogP contribution in [0.15, 0.2) is 29.4 Å². The van der Waals surface area contributed by atoms with Gasteiger partial charge in [-0.15, -0.1) is 0 Å². The molecule has 27 heavy (non-hydrogen) atoms. The molecule has 1 amide bonds. The van der Waals surface area contributed by atoms with E-state index >= 15 is 0 Å². The maximum Gasteiger partial charge on any atom is 0.291 e. The van der Waals surface area contributed by atoms with Crippen LogP contribution >= 0.6 is 24.0 Å². The van der Waals surface area contributed by atoms with Crippen molar-refractivity contribution in [1.29, 1.82) is 0 Å². The van der Waals surface area contributed by atoms with Gasteiger partial charge in [-0.1, -0.05) is 12.1 Å². The molecular weight excluding hydrogens is 394 g/mol. The average molecular weight is 410 g/mol. The fourth-order valence-electron chi connectivity index (χ4n) is 2.92. The minimum atomic E-state index is -2.62. The van der Waals surface area contributed by atoms with Crippen LogP contribution in [0.2, 0.25) is 0 Å². The first-order valence-corrected chi connectivity index (χ1v) is 9.64. The summed E-state index contributed by atoms with van der Waals surface area (Å²) in [6, 6.07) is 7.38. The van der Waals surface area contributed by atoms with Crippen molar-refractivity contribution >= 4 is 40.9 Å². The molecule has 0 aliphatic heterocycles. The van der Waals surface area contributed by atoms with E-state index in [4.69, 9.17) is 12.2 Å². The Morgan fingerprint density at radius 1 is 1.41 bits per heavy atom. The zero-order valence-corrected chi connectivity index (χ0v) is 15.7. The summed E-state index contributed by atoms with van der Waals surface area (Å²) < 4.78 is 29.7. The van der Waals surface area contributed by atoms with Crippen LogP contribution in [0.4, 0.5) is 8.78 Å². The van der Waals surface area contributed by atoms with Gasteiger partial charge in [-0.05, 0) is 49.0 Å². The fraction of sp³-hybridized carbons (Fsp3) is 0.375. The van der Waals surface area contributed by atoms with E-state index in [2.05, 4.69) is 20.5 Å². The van der Waals surface area contributed by atoms with Crippen molar-refractivity contribution in [2.24, 2.45) is 0 Å². The molecule has 0 bridgehead atoms. The second kappa shape index (κ2) is 7.39. The Balaban J connectivity index is 1.50. The van der Waals surface area contributed by atoms with Crippen LogP contribution in [0.1, 0.15) is 24.7 Å². The number of aromatic amines is 1. The summed E-state index contributed by atoms with van der Waals surface area (Å²) in [6.45, 7) is 0.108. The van der Waals surface area contributed by atoms with E-state index in [9.17, 15) is 13.6 Å². The van der Waals surface area contributed by atoms with Crippen LogP contribution in [-0.4, -0.2) is 36.0 Å². The van der Waals surface area contributed by atoms with E-state index < -0.39 is 5.76 Å². The predicted molar refractivity (Wildman–Crippen MR) is 99.1 cm³/mol. The summed E-state index contributed by atoms with van der Waals surface area (Å²) in [4.78, 5) is 16.6. The summed E-state index contributed by atoms with van der Waals surface area (Å²) in [6.07, 6.45) is 2.09. The number of imidazole rings is 1. The summed E-state index contributed by atoms with van der Waals surface area (Å²) in [5, 5.41) is 9.80. The van der Waals surface area contributed by atoms with Gasteiger partial charge in [0.15, 0.2) is 15.8 Å². The highest BCUT2D eigenvalue weighted by molar-refractivity contribution is 7.99. The maximum absolute atomic E-state index is 12.8. The van der Waals surface area contributed by atoms with Crippen molar-refractivity contribution in [2.45, 2.75) is 42.9 Å². The Morgan fingerprint density at radius 2 is 2.19 bits per heavy atom. The minimum absolute atomic E-state index is 0.107. The molecule has 1 aliphatic carbocycles. The van der Waals surface area contributed by atoms with E-state index in [1.54, 1.807) is 24.3 Å². The normalized spacial score (nSPS) is 14.2. The van der Waals surface area contributed by atoms with Gasteiger partial charge < -0.3 is 9.88 Å². The molecule has 0 spiro atoms. The highest BCUT2D eigenvalue weighted by atomic mass is 32.2. The predicted octanol–water partition coefficient (Wildman–Crippen LogP) is 3.26. The lowest BCUT2D eigenvalue weighted by atomic mass is 10.3. The smallest absolute Gasteiger partial charge is 0.291 e. The molecule has 1 saturated carbocycles. The van der Waals surface area contributed by atoms with Crippen molar-refractivity contribution in [3.63, 3.8) is 0 Å². The molecule has 1 fully saturated rings. The third-order valence-electron chi connectivity index (χ3n) is 4.25. The molecule has 0 saturated heterocycles. The van der Waals surface area contributed by atoms with Crippen molar-refractivity contribution in [3.05, 3.63) is 34.9 Å². The number of thioether (sulfide) groups is 1. The first-order chi connectivity index (χ1) is 13.0. The number of fused-ring (bicyclic) bond motifs is 1. The molecule has 1 aliphatic rings. The third kappa shape index (κ3) is 3.88. The summed E-state index contributed by atoms with van der Waals surface area (Å²) in [7, 11) is 0. The summed E-state index contributed by atoms with van der Waals surface area (Å²) >= 11 is 5.55. The summed E-state index contributed by atoms with van der Waals surface area (Å²) in [5.41, 5.74) is 1.21. The van der Waals surface area contributed by atoms with Crippen LogP contribution in [-0.2, 0) is 17.9 Å². The molecule has 0 atom stereocenters. The Bertz CT molecular complexity index is 1040. The topological polar surface area (TPSA) is 80.5 Å². The zero-order chi connectivity index (χ0) is 19.0. The average Bonchev–Trinajstić information content (AvgIpc) is 3.32. The first-order valence-electron chi connectivity index (χ1n) is 8.35. The van der Waals surface area contributed by atoms with Crippen LogP contribution < -0.4 is 5.32 Å². The molecule has 0 radical (unpaired) electrons. The first kappa shape index (κ1) is 18.1. The van der Waals surface area contributed by atoms with Crippen LogP contribution in [0.25, 0.3) is 11.0 Å². The van der Waals surface area contributed by atoms with E-state index in [1.807, 2.05) is 4.57 Å². The maximum atomic E-state index is 12.8. The molecule has 2 heterocycles. The van der Waals surface area contributed by atoms with Crippen LogP contribution in [0, 0.1) is 4.77 Å². The Labute approximate surface area is 162 Å². The van der Waals surface area contributed by atoms with Gasteiger partial charge in [0.05, 0.1) is 17.6 Å². The number of para-hydroxylation sites is 2. The lowest BCUT2D eigenvalue weighted by Crippen LogP contribution is -2.28. The van der Waals surface area contributed by atoms with Gasteiger partial charge >= 0.3 is 0 Å². The number of carbonyl (C=O) groups excluding carboxylic acids is 1. The number of halogens is 2. The van der Waals surface area contributed by atoms with Gasteiger partial charge in [-0.25, -0.2) is 4.98 Å². The Kier molecular flexibility index (Phi) is 4.96.